The van der Waals surface area contributed by atoms with Crippen molar-refractivity contribution in [2.24, 2.45) is 0 Å². The van der Waals surface area contributed by atoms with Crippen molar-refractivity contribution in [2.45, 2.75) is 50.0 Å². The maximum atomic E-state index is 11.1. The average molecular weight is 385 g/mol. The van der Waals surface area contributed by atoms with Gasteiger partial charge in [0.15, 0.2) is 6.10 Å². The van der Waals surface area contributed by atoms with Gasteiger partial charge in [0.2, 0.25) is 0 Å². The number of ether oxygens (including phenoxy) is 1. The Bertz CT molecular complexity index is 751. The molecule has 12 heteroatoms. The van der Waals surface area contributed by atoms with Crippen LogP contribution in [0.1, 0.15) is 19.3 Å². The number of carboxylic acid groups (broad SMARTS) is 1. The molecular formula is C15H23N5O7. The lowest BCUT2D eigenvalue weighted by molar-refractivity contribution is -0.294. The van der Waals surface area contributed by atoms with E-state index >= 15 is 0 Å². The van der Waals surface area contributed by atoms with E-state index in [9.17, 15) is 20.1 Å². The van der Waals surface area contributed by atoms with Crippen molar-refractivity contribution in [1.29, 1.82) is 5.41 Å². The lowest BCUT2D eigenvalue weighted by Gasteiger charge is -2.38. The van der Waals surface area contributed by atoms with Gasteiger partial charge in [0.05, 0.1) is 0 Å². The van der Waals surface area contributed by atoms with Gasteiger partial charge in [-0.25, -0.2) is 4.79 Å². The van der Waals surface area contributed by atoms with E-state index in [0.717, 1.165) is 37.1 Å². The zero-order valence-electron chi connectivity index (χ0n) is 14.4. The number of nitrogen functional groups attached to an aromatic ring is 1. The van der Waals surface area contributed by atoms with Crippen molar-refractivity contribution in [1.82, 2.24) is 9.71 Å². The quantitative estimate of drug-likeness (QED) is 0.317. The lowest BCUT2D eigenvalue weighted by Crippen LogP contribution is -2.62. The molecule has 27 heavy (non-hydrogen) atoms. The van der Waals surface area contributed by atoms with Crippen LogP contribution in [0.4, 0.5) is 11.6 Å². The molecule has 1 aromatic heterocycles. The number of carboxylic acids is 1. The Morgan fingerprint density at radius 1 is 1.22 bits per heavy atom. The monoisotopic (exact) mass is 385 g/mol. The summed E-state index contributed by atoms with van der Waals surface area (Å²) in [5.74, 6) is -1.04. The number of rotatable bonds is 4. The van der Waals surface area contributed by atoms with Crippen molar-refractivity contribution in [3.05, 3.63) is 11.7 Å². The average Bonchev–Trinajstić information content (AvgIpc) is 2.64. The Balaban J connectivity index is 1.82. The maximum Gasteiger partial charge on any atom is 0.335 e. The molecule has 0 bridgehead atoms. The first kappa shape index (κ1) is 19.4. The standard InChI is InChI=1S/C15H23N5O7/c16-7-6-8(19-4-2-1-3-5-19)18-15(17)20(7)27-14-11(23)9(21)10(22)12(26-14)13(24)25/h6,9-12,14,17,21-23H,1-5,16H2,(H,24,25)/t9?,10-,11?,12?,14-/m0/s1. The summed E-state index contributed by atoms with van der Waals surface area (Å²) in [6.07, 6.45) is -5.75. The van der Waals surface area contributed by atoms with Crippen LogP contribution in [-0.2, 0) is 9.53 Å². The zero-order valence-corrected chi connectivity index (χ0v) is 14.4. The fraction of sp³-hybridized carbons (Fsp3) is 0.667. The summed E-state index contributed by atoms with van der Waals surface area (Å²) in [6.45, 7) is 1.59. The summed E-state index contributed by atoms with van der Waals surface area (Å²) in [5.41, 5.74) is 5.54. The number of carbonyl (C=O) groups is 1. The highest BCUT2D eigenvalue weighted by Crippen LogP contribution is 2.22. The lowest BCUT2D eigenvalue weighted by atomic mass is 9.99. The maximum absolute atomic E-state index is 11.1. The number of nitrogens with two attached hydrogens (primary N) is 1. The van der Waals surface area contributed by atoms with E-state index in [1.165, 1.54) is 6.07 Å². The smallest absolute Gasteiger partial charge is 0.335 e. The van der Waals surface area contributed by atoms with Crippen LogP contribution < -0.4 is 21.1 Å². The molecule has 5 atom stereocenters. The third-order valence-corrected chi connectivity index (χ3v) is 4.63. The fourth-order valence-electron chi connectivity index (χ4n) is 3.14. The van der Waals surface area contributed by atoms with E-state index in [-0.39, 0.29) is 11.4 Å². The number of aliphatic hydroxyl groups excluding tert-OH is 3. The van der Waals surface area contributed by atoms with Gasteiger partial charge in [-0.2, -0.15) is 4.98 Å². The number of nitrogens with one attached hydrogen (secondary N) is 1. The van der Waals surface area contributed by atoms with Gasteiger partial charge in [-0.1, -0.05) is 0 Å². The number of anilines is 2. The molecule has 0 aromatic carbocycles. The summed E-state index contributed by atoms with van der Waals surface area (Å²) in [7, 11) is 0. The molecule has 7 N–H and O–H groups in total. The minimum atomic E-state index is -1.84. The predicted molar refractivity (Wildman–Crippen MR) is 89.5 cm³/mol. The first-order valence-corrected chi connectivity index (χ1v) is 8.58. The van der Waals surface area contributed by atoms with Gasteiger partial charge < -0.3 is 40.6 Å². The van der Waals surface area contributed by atoms with Crippen molar-refractivity contribution >= 4 is 17.6 Å². The third-order valence-electron chi connectivity index (χ3n) is 4.63. The summed E-state index contributed by atoms with van der Waals surface area (Å²) in [4.78, 5) is 22.6. The van der Waals surface area contributed by atoms with Gasteiger partial charge in [0.25, 0.3) is 11.9 Å². The third kappa shape index (κ3) is 3.83. The molecule has 0 spiro atoms. The number of hydrogen-bond acceptors (Lipinski definition) is 10. The van der Waals surface area contributed by atoms with Crippen LogP contribution in [0, 0.1) is 5.41 Å². The minimum Gasteiger partial charge on any atom is -0.479 e. The van der Waals surface area contributed by atoms with Crippen LogP contribution >= 0.6 is 0 Å². The van der Waals surface area contributed by atoms with Crippen LogP contribution in [0.5, 0.6) is 0 Å². The molecule has 2 saturated heterocycles. The topological polar surface area (TPSA) is 187 Å². The molecule has 2 aliphatic rings. The molecule has 3 rings (SSSR count). The van der Waals surface area contributed by atoms with E-state index in [1.807, 2.05) is 4.90 Å². The van der Waals surface area contributed by atoms with E-state index in [1.54, 1.807) is 0 Å². The molecule has 3 heterocycles. The van der Waals surface area contributed by atoms with Crippen LogP contribution in [0.2, 0.25) is 0 Å². The van der Waals surface area contributed by atoms with Gasteiger partial charge in [-0.3, -0.25) is 5.41 Å². The highest BCUT2D eigenvalue weighted by Gasteiger charge is 2.48. The van der Waals surface area contributed by atoms with Crippen molar-refractivity contribution < 1.29 is 34.8 Å². The molecule has 1 aromatic rings. The number of aromatic nitrogens is 2. The summed E-state index contributed by atoms with van der Waals surface area (Å²) < 4.78 is 5.79. The molecule has 0 saturated carbocycles. The Morgan fingerprint density at radius 2 is 1.89 bits per heavy atom. The van der Waals surface area contributed by atoms with Crippen LogP contribution in [0.3, 0.4) is 0 Å². The second-order valence-electron chi connectivity index (χ2n) is 6.55. The molecule has 2 aliphatic heterocycles. The Labute approximate surface area is 153 Å². The SMILES string of the molecule is N=c1nc(N2CCCCC2)cc(N)n1O[C@@H]1OC(C(=O)O)[C@@H](O)C(O)C1O. The van der Waals surface area contributed by atoms with Crippen molar-refractivity contribution in [3.8, 4) is 0 Å². The largest absolute Gasteiger partial charge is 0.479 e. The van der Waals surface area contributed by atoms with Gasteiger partial charge in [0, 0.05) is 19.2 Å². The molecule has 0 aliphatic carbocycles. The van der Waals surface area contributed by atoms with Gasteiger partial charge in [-0.05, 0) is 19.3 Å². The zero-order chi connectivity index (χ0) is 19.7. The molecule has 0 amide bonds. The second kappa shape index (κ2) is 7.68. The number of aliphatic hydroxyl groups is 3. The van der Waals surface area contributed by atoms with Crippen molar-refractivity contribution in [2.75, 3.05) is 23.7 Å². The molecule has 3 unspecified atom stereocenters. The number of nitrogens with zero attached hydrogens (tertiary/aromatic N) is 3. The van der Waals surface area contributed by atoms with Crippen LogP contribution in [0.15, 0.2) is 6.07 Å². The normalized spacial score (nSPS) is 31.5. The first-order chi connectivity index (χ1) is 12.8. The predicted octanol–water partition coefficient (Wildman–Crippen LogP) is -2.74. The summed E-state index contributed by atoms with van der Waals surface area (Å²) in [5, 5.41) is 46.6. The Hall–Kier alpha value is -2.41. The van der Waals surface area contributed by atoms with Crippen molar-refractivity contribution in [3.63, 3.8) is 0 Å². The Morgan fingerprint density at radius 3 is 2.48 bits per heavy atom. The van der Waals surface area contributed by atoms with Crippen LogP contribution in [-0.4, -0.2) is 79.9 Å². The van der Waals surface area contributed by atoms with Gasteiger partial charge in [0.1, 0.15) is 29.9 Å². The Kier molecular flexibility index (Phi) is 5.51. The second-order valence-corrected chi connectivity index (χ2v) is 6.55. The molecule has 150 valence electrons. The highest BCUT2D eigenvalue weighted by atomic mass is 16.8. The molecular weight excluding hydrogens is 362 g/mol. The first-order valence-electron chi connectivity index (χ1n) is 8.58. The summed E-state index contributed by atoms with van der Waals surface area (Å²) in [6, 6.07) is 1.50. The number of hydrogen-bond donors (Lipinski definition) is 6. The van der Waals surface area contributed by atoms with E-state index in [2.05, 4.69) is 4.98 Å². The fourth-order valence-corrected chi connectivity index (χ4v) is 3.14. The van der Waals surface area contributed by atoms with E-state index < -0.39 is 36.7 Å². The molecule has 0 radical (unpaired) electrons. The highest BCUT2D eigenvalue weighted by molar-refractivity contribution is 5.73. The molecule has 2 fully saturated rings. The summed E-state index contributed by atoms with van der Waals surface area (Å²) >= 11 is 0. The van der Waals surface area contributed by atoms with E-state index in [0.29, 0.717) is 5.82 Å². The molecule has 12 nitrogen and oxygen atoms in total. The minimum absolute atomic E-state index is 0.0149. The van der Waals surface area contributed by atoms with Gasteiger partial charge >= 0.3 is 5.97 Å². The number of aliphatic carboxylic acids is 1. The van der Waals surface area contributed by atoms with Gasteiger partial charge in [-0.15, -0.1) is 4.73 Å². The number of piperidine rings is 1. The van der Waals surface area contributed by atoms with E-state index in [4.69, 9.17) is 25.8 Å². The van der Waals surface area contributed by atoms with Crippen LogP contribution in [0.25, 0.3) is 0 Å².